The summed E-state index contributed by atoms with van der Waals surface area (Å²) in [4.78, 5) is 2.34. The third kappa shape index (κ3) is 4.06. The van der Waals surface area contributed by atoms with E-state index in [-0.39, 0.29) is 4.90 Å². The summed E-state index contributed by atoms with van der Waals surface area (Å²) >= 11 is 5.55. The Morgan fingerprint density at radius 2 is 1.67 bits per heavy atom. The number of para-hydroxylation sites is 1. The van der Waals surface area contributed by atoms with Gasteiger partial charge in [-0.2, -0.15) is 14.7 Å². The molecule has 3 aromatic rings. The Bertz CT molecular complexity index is 1220. The topological polar surface area (TPSA) is 87.2 Å². The number of sulfonamides is 1. The average Bonchev–Trinajstić information content (AvgIpc) is 3.15. The Kier molecular flexibility index (Phi) is 5.78. The van der Waals surface area contributed by atoms with Crippen LogP contribution in [-0.4, -0.2) is 58.1 Å². The van der Waals surface area contributed by atoms with E-state index < -0.39 is 10.0 Å². The molecule has 0 amide bonds. The highest BCUT2D eigenvalue weighted by Crippen LogP contribution is 2.18. The normalized spacial score (nSPS) is 15.7. The predicted molar refractivity (Wildman–Crippen MR) is 114 cm³/mol. The molecule has 0 atom stereocenters. The van der Waals surface area contributed by atoms with Crippen molar-refractivity contribution in [1.82, 2.24) is 23.6 Å². The number of piperazine rings is 1. The van der Waals surface area contributed by atoms with Crippen LogP contribution in [0, 0.1) is 16.1 Å². The molecule has 2 aromatic carbocycles. The first kappa shape index (κ1) is 20.4. The van der Waals surface area contributed by atoms with E-state index in [0.29, 0.717) is 43.2 Å². The van der Waals surface area contributed by atoms with E-state index in [0.717, 1.165) is 5.69 Å². The van der Waals surface area contributed by atoms with Crippen molar-refractivity contribution < 1.29 is 8.42 Å². The van der Waals surface area contributed by atoms with E-state index in [1.54, 1.807) is 11.0 Å². The summed E-state index contributed by atoms with van der Waals surface area (Å²) in [7, 11) is -3.57. The molecule has 154 valence electrons. The number of rotatable bonds is 5. The third-order valence-electron chi connectivity index (χ3n) is 5.05. The highest BCUT2D eigenvalue weighted by Gasteiger charge is 2.28. The van der Waals surface area contributed by atoms with E-state index in [1.165, 1.54) is 28.6 Å². The molecule has 0 unspecified atom stereocenters. The zero-order valence-electron chi connectivity index (χ0n) is 16.1. The lowest BCUT2D eigenvalue weighted by molar-refractivity contribution is 0.144. The van der Waals surface area contributed by atoms with Crippen LogP contribution in [0.15, 0.2) is 65.8 Å². The van der Waals surface area contributed by atoms with Crippen LogP contribution in [0.1, 0.15) is 5.56 Å². The second kappa shape index (κ2) is 8.49. The van der Waals surface area contributed by atoms with Crippen LogP contribution in [-0.2, 0) is 16.7 Å². The second-order valence-electron chi connectivity index (χ2n) is 6.92. The lowest BCUT2D eigenvalue weighted by Gasteiger charge is -2.33. The van der Waals surface area contributed by atoms with E-state index in [1.807, 2.05) is 41.0 Å². The summed E-state index contributed by atoms with van der Waals surface area (Å²) < 4.78 is 31.4. The molecular weight excluding hydrogens is 420 g/mol. The Morgan fingerprint density at radius 1 is 1.00 bits per heavy atom. The lowest BCUT2D eigenvalue weighted by atomic mass is 10.2. The molecule has 1 aliphatic heterocycles. The van der Waals surface area contributed by atoms with Crippen molar-refractivity contribution in [1.29, 1.82) is 5.26 Å². The molecule has 0 N–H and O–H groups in total. The van der Waals surface area contributed by atoms with Gasteiger partial charge in [-0.05, 0) is 48.6 Å². The fourth-order valence-corrected chi connectivity index (χ4v) is 5.03. The fourth-order valence-electron chi connectivity index (χ4n) is 3.35. The number of nitrogens with zero attached hydrogens (tertiary/aromatic N) is 6. The Balaban J connectivity index is 1.41. The molecule has 0 bridgehead atoms. The summed E-state index contributed by atoms with van der Waals surface area (Å²) in [6.45, 7) is 2.43. The highest BCUT2D eigenvalue weighted by atomic mass is 32.2. The Hall–Kier alpha value is -2.84. The molecule has 8 nitrogen and oxygen atoms in total. The zero-order chi connectivity index (χ0) is 21.1. The van der Waals surface area contributed by atoms with Gasteiger partial charge in [0.1, 0.15) is 6.33 Å². The maximum absolute atomic E-state index is 12.9. The van der Waals surface area contributed by atoms with Gasteiger partial charge in [0.05, 0.1) is 23.2 Å². The summed E-state index contributed by atoms with van der Waals surface area (Å²) in [6, 6.07) is 17.8. The van der Waals surface area contributed by atoms with Crippen molar-refractivity contribution in [2.45, 2.75) is 11.6 Å². The van der Waals surface area contributed by atoms with Crippen LogP contribution >= 0.6 is 12.2 Å². The molecule has 1 saturated heterocycles. The minimum Gasteiger partial charge on any atom is -0.282 e. The fraction of sp³-hybridized carbons (Fsp3) is 0.250. The number of benzene rings is 2. The first-order valence-corrected chi connectivity index (χ1v) is 11.3. The molecule has 2 heterocycles. The van der Waals surface area contributed by atoms with Gasteiger partial charge in [-0.15, -0.1) is 0 Å². The van der Waals surface area contributed by atoms with E-state index in [4.69, 9.17) is 17.5 Å². The van der Waals surface area contributed by atoms with Crippen LogP contribution < -0.4 is 0 Å². The average molecular weight is 441 g/mol. The minimum atomic E-state index is -3.57. The number of aromatic nitrogens is 3. The van der Waals surface area contributed by atoms with Gasteiger partial charge in [0.25, 0.3) is 0 Å². The molecule has 4 rings (SSSR count). The molecule has 0 radical (unpaired) electrons. The quantitative estimate of drug-likeness (QED) is 0.566. The van der Waals surface area contributed by atoms with Crippen LogP contribution in [0.25, 0.3) is 5.69 Å². The van der Waals surface area contributed by atoms with Crippen molar-refractivity contribution in [2.24, 2.45) is 0 Å². The number of hydrogen-bond donors (Lipinski definition) is 0. The maximum Gasteiger partial charge on any atom is 0.243 e. The lowest BCUT2D eigenvalue weighted by Crippen LogP contribution is -2.48. The molecule has 1 aliphatic rings. The molecule has 10 heteroatoms. The Labute approximate surface area is 180 Å². The van der Waals surface area contributed by atoms with E-state index >= 15 is 0 Å². The van der Waals surface area contributed by atoms with Crippen molar-refractivity contribution >= 4 is 22.2 Å². The minimum absolute atomic E-state index is 0.207. The summed E-state index contributed by atoms with van der Waals surface area (Å²) in [6.07, 6.45) is 1.70. The van der Waals surface area contributed by atoms with Gasteiger partial charge in [0, 0.05) is 31.9 Å². The second-order valence-corrected chi connectivity index (χ2v) is 9.22. The largest absolute Gasteiger partial charge is 0.282 e. The van der Waals surface area contributed by atoms with Crippen LogP contribution in [0.3, 0.4) is 0 Å². The van der Waals surface area contributed by atoms with E-state index in [9.17, 15) is 8.42 Å². The summed E-state index contributed by atoms with van der Waals surface area (Å²) in [5, 5.41) is 13.3. The van der Waals surface area contributed by atoms with Crippen LogP contribution in [0.2, 0.25) is 0 Å². The molecule has 30 heavy (non-hydrogen) atoms. The number of hydrogen-bond acceptors (Lipinski definition) is 6. The third-order valence-corrected chi connectivity index (χ3v) is 7.37. The SMILES string of the molecule is N#Cc1ccc(S(=O)(=O)N2CCN(Cn3ncn(-c4ccccc4)c3=S)CC2)cc1. The predicted octanol–water partition coefficient (Wildman–Crippen LogP) is 2.24. The van der Waals surface area contributed by atoms with E-state index in [2.05, 4.69) is 10.00 Å². The summed E-state index contributed by atoms with van der Waals surface area (Å²) in [5.74, 6) is 0. The molecule has 0 spiro atoms. The monoisotopic (exact) mass is 440 g/mol. The first-order chi connectivity index (χ1) is 14.5. The highest BCUT2D eigenvalue weighted by molar-refractivity contribution is 7.89. The molecule has 1 aromatic heterocycles. The molecule has 0 saturated carbocycles. The summed E-state index contributed by atoms with van der Waals surface area (Å²) in [5.41, 5.74) is 1.39. The smallest absolute Gasteiger partial charge is 0.243 e. The van der Waals surface area contributed by atoms with Gasteiger partial charge in [-0.1, -0.05) is 18.2 Å². The molecule has 1 fully saturated rings. The van der Waals surface area contributed by atoms with Gasteiger partial charge in [-0.25, -0.2) is 13.1 Å². The van der Waals surface area contributed by atoms with Gasteiger partial charge in [-0.3, -0.25) is 9.47 Å². The van der Waals surface area contributed by atoms with Crippen molar-refractivity contribution in [2.75, 3.05) is 26.2 Å². The standard InChI is InChI=1S/C20H20N6O2S2/c21-14-17-6-8-19(9-7-17)30(27,28)24-12-10-23(11-13-24)16-26-20(29)25(15-22-26)18-4-2-1-3-5-18/h1-9,15H,10-13,16H2. The zero-order valence-corrected chi connectivity index (χ0v) is 17.8. The van der Waals surface area contributed by atoms with Crippen molar-refractivity contribution in [3.63, 3.8) is 0 Å². The van der Waals surface area contributed by atoms with Gasteiger partial charge in [0.15, 0.2) is 0 Å². The van der Waals surface area contributed by atoms with Gasteiger partial charge in [0.2, 0.25) is 14.8 Å². The van der Waals surface area contributed by atoms with Gasteiger partial charge >= 0.3 is 0 Å². The first-order valence-electron chi connectivity index (χ1n) is 9.41. The molecular formula is C20H20N6O2S2. The Morgan fingerprint density at radius 3 is 2.30 bits per heavy atom. The van der Waals surface area contributed by atoms with Gasteiger partial charge < -0.3 is 0 Å². The van der Waals surface area contributed by atoms with Crippen LogP contribution in [0.5, 0.6) is 0 Å². The van der Waals surface area contributed by atoms with Crippen molar-refractivity contribution in [3.05, 3.63) is 71.3 Å². The number of nitriles is 1. The van der Waals surface area contributed by atoms with Crippen molar-refractivity contribution in [3.8, 4) is 11.8 Å². The van der Waals surface area contributed by atoms with Crippen LogP contribution in [0.4, 0.5) is 0 Å². The molecule has 0 aliphatic carbocycles. The maximum atomic E-state index is 12.9.